The quantitative estimate of drug-likeness (QED) is 0.842. The summed E-state index contributed by atoms with van der Waals surface area (Å²) in [6, 6.07) is 0.833. The number of morpholine rings is 1. The van der Waals surface area contributed by atoms with Crippen LogP contribution in [0.25, 0.3) is 0 Å². The fraction of sp³-hybridized carbons (Fsp3) is 0.533. The molecular weight excluding hydrogens is 377 g/mol. The standard InChI is InChI=1S/C15H16ClF3N4O3/c16-11-5-9(15(17,18)19)7-20-13(11)21-8-10-6-12(22-26-10)14(24)23-1-3-25-4-2-23/h5,7,10H,1-4,6,8H2,(H,20,21)/p+1/t10-/m0/s1. The first kappa shape index (κ1) is 18.7. The van der Waals surface area contributed by atoms with Crippen molar-refractivity contribution in [3.05, 3.63) is 22.8 Å². The number of amides is 1. The first-order valence-electron chi connectivity index (χ1n) is 7.96. The van der Waals surface area contributed by atoms with Crippen molar-refractivity contribution < 1.29 is 32.5 Å². The number of rotatable bonds is 4. The summed E-state index contributed by atoms with van der Waals surface area (Å²) >= 11 is 5.87. The Bertz CT molecular complexity index is 708. The molecule has 2 aliphatic heterocycles. The molecule has 2 aliphatic rings. The first-order chi connectivity index (χ1) is 12.3. The summed E-state index contributed by atoms with van der Waals surface area (Å²) in [7, 11) is 0. The van der Waals surface area contributed by atoms with Crippen LogP contribution in [0.3, 0.4) is 0 Å². The van der Waals surface area contributed by atoms with Crippen molar-refractivity contribution >= 4 is 29.0 Å². The number of H-pyrrole nitrogens is 1. The van der Waals surface area contributed by atoms with Crippen molar-refractivity contribution in [3.63, 3.8) is 0 Å². The van der Waals surface area contributed by atoms with Gasteiger partial charge >= 0.3 is 6.18 Å². The lowest BCUT2D eigenvalue weighted by Crippen LogP contribution is -2.44. The van der Waals surface area contributed by atoms with E-state index < -0.39 is 17.8 Å². The van der Waals surface area contributed by atoms with Crippen LogP contribution in [0.15, 0.2) is 17.4 Å². The topological polar surface area (TPSA) is 77.3 Å². The monoisotopic (exact) mass is 393 g/mol. The summed E-state index contributed by atoms with van der Waals surface area (Å²) in [6.07, 6.45) is -3.76. The van der Waals surface area contributed by atoms with E-state index in [1.807, 2.05) is 0 Å². The molecule has 2 N–H and O–H groups in total. The van der Waals surface area contributed by atoms with Gasteiger partial charge in [-0.15, -0.1) is 0 Å². The number of halogens is 4. The molecule has 0 bridgehead atoms. The average molecular weight is 394 g/mol. The number of ether oxygens (including phenoxy) is 1. The lowest BCUT2D eigenvalue weighted by Gasteiger charge is -2.26. The lowest BCUT2D eigenvalue weighted by atomic mass is 10.1. The molecule has 142 valence electrons. The van der Waals surface area contributed by atoms with Crippen LogP contribution < -0.4 is 10.3 Å². The maximum atomic E-state index is 12.6. The molecule has 0 aromatic carbocycles. The highest BCUT2D eigenvalue weighted by atomic mass is 35.5. The summed E-state index contributed by atoms with van der Waals surface area (Å²) in [4.78, 5) is 21.7. The van der Waals surface area contributed by atoms with Gasteiger partial charge in [0.1, 0.15) is 23.5 Å². The molecule has 26 heavy (non-hydrogen) atoms. The van der Waals surface area contributed by atoms with Gasteiger partial charge in [0.2, 0.25) is 0 Å². The second kappa shape index (κ2) is 7.67. The lowest BCUT2D eigenvalue weighted by molar-refractivity contribution is -0.364. The minimum Gasteiger partial charge on any atom is -0.387 e. The zero-order chi connectivity index (χ0) is 18.7. The molecule has 7 nitrogen and oxygen atoms in total. The summed E-state index contributed by atoms with van der Waals surface area (Å²) in [5.74, 6) is 0.0474. The molecule has 3 rings (SSSR count). The molecule has 0 unspecified atom stereocenters. The molecule has 1 aromatic rings. The third kappa shape index (κ3) is 4.36. The highest BCUT2D eigenvalue weighted by molar-refractivity contribution is 6.39. The molecular formula is C15H17ClF3N4O3+. The number of hydrogen-bond donors (Lipinski definition) is 1. The summed E-state index contributed by atoms with van der Waals surface area (Å²) in [5.41, 5.74) is -0.548. The van der Waals surface area contributed by atoms with Crippen molar-refractivity contribution in [1.29, 1.82) is 0 Å². The molecule has 0 saturated carbocycles. The number of nitrogens with one attached hydrogen (secondary N) is 2. The Balaban J connectivity index is 1.52. The van der Waals surface area contributed by atoms with Gasteiger partial charge in [-0.05, 0) is 6.07 Å². The Morgan fingerprint density at radius 1 is 1.42 bits per heavy atom. The maximum absolute atomic E-state index is 12.6. The van der Waals surface area contributed by atoms with E-state index in [-0.39, 0.29) is 23.3 Å². The zero-order valence-corrected chi connectivity index (χ0v) is 14.4. The highest BCUT2D eigenvalue weighted by Crippen LogP contribution is 2.31. The summed E-state index contributed by atoms with van der Waals surface area (Å²) < 4.78 is 43.1. The molecule has 11 heteroatoms. The molecule has 0 spiro atoms. The van der Waals surface area contributed by atoms with Crippen molar-refractivity contribution in [2.75, 3.05) is 38.2 Å². The van der Waals surface area contributed by atoms with Crippen molar-refractivity contribution in [2.45, 2.75) is 18.7 Å². The molecule has 1 aromatic heterocycles. The predicted octanol–water partition coefficient (Wildman–Crippen LogP) is 1.59. The maximum Gasteiger partial charge on any atom is 0.419 e. The SMILES string of the molecule is O=C(C1=NO[C@H](CNc2[nH+]cc(C(F)(F)F)cc2Cl)C1)N1CCOCC1. The Morgan fingerprint density at radius 2 is 2.15 bits per heavy atom. The van der Waals surface area contributed by atoms with E-state index in [4.69, 9.17) is 21.2 Å². The predicted molar refractivity (Wildman–Crippen MR) is 85.8 cm³/mol. The molecule has 1 saturated heterocycles. The van der Waals surface area contributed by atoms with Crippen LogP contribution in [-0.4, -0.2) is 55.5 Å². The first-order valence-corrected chi connectivity index (χ1v) is 8.34. The van der Waals surface area contributed by atoms with Gasteiger partial charge in [0.25, 0.3) is 11.7 Å². The van der Waals surface area contributed by atoms with Gasteiger partial charge in [0.15, 0.2) is 6.10 Å². The fourth-order valence-electron chi connectivity index (χ4n) is 2.60. The van der Waals surface area contributed by atoms with Gasteiger partial charge in [-0.25, -0.2) is 4.98 Å². The molecule has 0 aliphatic carbocycles. The molecule has 1 amide bonds. The van der Waals surface area contributed by atoms with Gasteiger partial charge in [-0.2, -0.15) is 13.2 Å². The van der Waals surface area contributed by atoms with Gasteiger partial charge < -0.3 is 14.5 Å². The van der Waals surface area contributed by atoms with Crippen LogP contribution in [-0.2, 0) is 20.5 Å². The van der Waals surface area contributed by atoms with Gasteiger partial charge in [-0.1, -0.05) is 16.8 Å². The highest BCUT2D eigenvalue weighted by Gasteiger charge is 2.34. The minimum atomic E-state index is -4.48. The van der Waals surface area contributed by atoms with Crippen molar-refractivity contribution in [2.24, 2.45) is 5.16 Å². The van der Waals surface area contributed by atoms with Crippen LogP contribution in [0.5, 0.6) is 0 Å². The Hall–Kier alpha value is -2.07. The summed E-state index contributed by atoms with van der Waals surface area (Å²) in [6.45, 7) is 2.24. The van der Waals surface area contributed by atoms with Crippen LogP contribution >= 0.6 is 11.6 Å². The van der Waals surface area contributed by atoms with E-state index in [1.165, 1.54) is 0 Å². The third-order valence-corrected chi connectivity index (χ3v) is 4.30. The number of carbonyl (C=O) groups excluding carboxylic acids is 1. The number of anilines is 1. The Labute approximate surface area is 152 Å². The van der Waals surface area contributed by atoms with Crippen molar-refractivity contribution in [1.82, 2.24) is 4.90 Å². The second-order valence-electron chi connectivity index (χ2n) is 5.86. The smallest absolute Gasteiger partial charge is 0.387 e. The van der Waals surface area contributed by atoms with Crippen molar-refractivity contribution in [3.8, 4) is 0 Å². The van der Waals surface area contributed by atoms with E-state index >= 15 is 0 Å². The average Bonchev–Trinajstić information content (AvgIpc) is 3.09. The number of aromatic amines is 1. The number of nitrogens with zero attached hydrogens (tertiary/aromatic N) is 2. The van der Waals surface area contributed by atoms with E-state index in [1.54, 1.807) is 4.90 Å². The number of carbonyl (C=O) groups is 1. The molecule has 1 atom stereocenters. The fourth-order valence-corrected chi connectivity index (χ4v) is 2.84. The zero-order valence-electron chi connectivity index (χ0n) is 13.6. The molecule has 0 radical (unpaired) electrons. The number of oxime groups is 1. The summed E-state index contributed by atoms with van der Waals surface area (Å²) in [5, 5.41) is 6.61. The van der Waals surface area contributed by atoms with Crippen LogP contribution in [0.2, 0.25) is 5.02 Å². The molecule has 3 heterocycles. The molecule has 1 fully saturated rings. The largest absolute Gasteiger partial charge is 0.419 e. The number of alkyl halides is 3. The number of aromatic nitrogens is 1. The van der Waals surface area contributed by atoms with Crippen LogP contribution in [0.1, 0.15) is 12.0 Å². The Morgan fingerprint density at radius 3 is 2.81 bits per heavy atom. The normalized spacial score (nSPS) is 20.5. The Kier molecular flexibility index (Phi) is 5.52. The number of hydrogen-bond acceptors (Lipinski definition) is 5. The van der Waals surface area contributed by atoms with E-state index in [2.05, 4.69) is 15.5 Å². The number of pyridine rings is 1. The van der Waals surface area contributed by atoms with E-state index in [0.717, 1.165) is 12.3 Å². The third-order valence-electron chi connectivity index (χ3n) is 4.01. The van der Waals surface area contributed by atoms with Gasteiger partial charge in [-0.3, -0.25) is 10.1 Å². The van der Waals surface area contributed by atoms with Crippen LogP contribution in [0.4, 0.5) is 19.0 Å². The van der Waals surface area contributed by atoms with E-state index in [9.17, 15) is 18.0 Å². The van der Waals surface area contributed by atoms with Gasteiger partial charge in [0.05, 0.1) is 18.8 Å². The second-order valence-corrected chi connectivity index (χ2v) is 6.27. The van der Waals surface area contributed by atoms with E-state index in [0.29, 0.717) is 38.4 Å². The van der Waals surface area contributed by atoms with Gasteiger partial charge in [0, 0.05) is 19.5 Å². The van der Waals surface area contributed by atoms with Crippen LogP contribution in [0, 0.1) is 0 Å². The minimum absolute atomic E-state index is 0.0941.